The summed E-state index contributed by atoms with van der Waals surface area (Å²) in [6.45, 7) is 3.64. The van der Waals surface area contributed by atoms with Crippen LogP contribution in [0.1, 0.15) is 5.56 Å². The molecule has 2 heterocycles. The smallest absolute Gasteiger partial charge is 0.222 e. The van der Waals surface area contributed by atoms with Crippen molar-refractivity contribution < 1.29 is 4.39 Å². The molecule has 5 heteroatoms. The first kappa shape index (κ1) is 12.0. The number of nitrogens with zero attached hydrogens (tertiary/aromatic N) is 2. The van der Waals surface area contributed by atoms with Crippen LogP contribution in [0.25, 0.3) is 11.1 Å². The van der Waals surface area contributed by atoms with E-state index in [9.17, 15) is 4.39 Å². The second-order valence-corrected chi connectivity index (χ2v) is 4.76. The average Bonchev–Trinajstić information content (AvgIpc) is 2.38. The molecule has 3 rings (SSSR count). The number of halogens is 1. The third kappa shape index (κ3) is 2.56. The number of nitrogens with one attached hydrogen (secondary N) is 2. The van der Waals surface area contributed by atoms with Gasteiger partial charge in [-0.2, -0.15) is 0 Å². The minimum Gasteiger partial charge on any atom is -0.349 e. The van der Waals surface area contributed by atoms with E-state index in [1.807, 2.05) is 0 Å². The average molecular weight is 258 g/mol. The van der Waals surface area contributed by atoms with E-state index < -0.39 is 0 Å². The van der Waals surface area contributed by atoms with E-state index in [-0.39, 0.29) is 5.82 Å². The van der Waals surface area contributed by atoms with Gasteiger partial charge in [0.05, 0.1) is 6.04 Å². The molecule has 1 fully saturated rings. The number of hydrogen-bond acceptors (Lipinski definition) is 4. The quantitative estimate of drug-likeness (QED) is 0.883. The molecule has 1 aliphatic rings. The summed E-state index contributed by atoms with van der Waals surface area (Å²) >= 11 is 0. The maximum Gasteiger partial charge on any atom is 0.222 e. The lowest BCUT2D eigenvalue weighted by Crippen LogP contribution is -2.51. The van der Waals surface area contributed by atoms with Gasteiger partial charge in [-0.05, 0) is 30.2 Å². The van der Waals surface area contributed by atoms with Gasteiger partial charge in [-0.25, -0.2) is 14.4 Å². The van der Waals surface area contributed by atoms with Crippen LogP contribution in [-0.4, -0.2) is 29.1 Å². The number of aryl methyl sites for hydroxylation is 1. The van der Waals surface area contributed by atoms with Crippen molar-refractivity contribution in [3.63, 3.8) is 0 Å². The van der Waals surface area contributed by atoms with Gasteiger partial charge in [0.15, 0.2) is 0 Å². The van der Waals surface area contributed by atoms with Crippen molar-refractivity contribution in [3.05, 3.63) is 42.0 Å². The second kappa shape index (κ2) is 4.93. The Morgan fingerprint density at radius 1 is 1.21 bits per heavy atom. The number of anilines is 1. The molecule has 19 heavy (non-hydrogen) atoms. The zero-order valence-electron chi connectivity index (χ0n) is 10.7. The Morgan fingerprint density at radius 3 is 2.53 bits per heavy atom. The van der Waals surface area contributed by atoms with Crippen molar-refractivity contribution >= 4 is 5.95 Å². The molecule has 0 aliphatic carbocycles. The Morgan fingerprint density at radius 2 is 1.95 bits per heavy atom. The van der Waals surface area contributed by atoms with Gasteiger partial charge in [-0.1, -0.05) is 6.07 Å². The first-order chi connectivity index (χ1) is 9.22. The summed E-state index contributed by atoms with van der Waals surface area (Å²) in [4.78, 5) is 8.57. The summed E-state index contributed by atoms with van der Waals surface area (Å²) in [7, 11) is 0. The van der Waals surface area contributed by atoms with Crippen LogP contribution in [0.2, 0.25) is 0 Å². The molecule has 1 aliphatic heterocycles. The minimum absolute atomic E-state index is 0.194. The van der Waals surface area contributed by atoms with Gasteiger partial charge < -0.3 is 10.6 Å². The maximum absolute atomic E-state index is 13.2. The lowest BCUT2D eigenvalue weighted by Gasteiger charge is -2.27. The molecular weight excluding hydrogens is 243 g/mol. The lowest BCUT2D eigenvalue weighted by atomic mass is 10.1. The van der Waals surface area contributed by atoms with Crippen LogP contribution >= 0.6 is 0 Å². The minimum atomic E-state index is -0.194. The molecule has 1 aromatic carbocycles. The molecule has 0 unspecified atom stereocenters. The van der Waals surface area contributed by atoms with Crippen molar-refractivity contribution in [1.29, 1.82) is 0 Å². The van der Waals surface area contributed by atoms with E-state index in [1.54, 1.807) is 31.5 Å². The Balaban J connectivity index is 1.78. The molecule has 0 bridgehead atoms. The van der Waals surface area contributed by atoms with E-state index in [0.717, 1.165) is 24.2 Å². The predicted octanol–water partition coefficient (Wildman–Crippen LogP) is 1.97. The van der Waals surface area contributed by atoms with Crippen LogP contribution in [0.4, 0.5) is 10.3 Å². The first-order valence-electron chi connectivity index (χ1n) is 6.28. The zero-order chi connectivity index (χ0) is 13.2. The third-order valence-electron chi connectivity index (χ3n) is 3.26. The highest BCUT2D eigenvalue weighted by atomic mass is 19.1. The molecule has 0 radical (unpaired) electrons. The molecule has 98 valence electrons. The molecule has 0 spiro atoms. The Bertz CT molecular complexity index is 578. The predicted molar refractivity (Wildman–Crippen MR) is 72.4 cm³/mol. The van der Waals surface area contributed by atoms with E-state index in [2.05, 4.69) is 20.6 Å². The van der Waals surface area contributed by atoms with Crippen LogP contribution in [-0.2, 0) is 0 Å². The molecule has 2 N–H and O–H groups in total. The van der Waals surface area contributed by atoms with E-state index in [4.69, 9.17) is 0 Å². The van der Waals surface area contributed by atoms with Crippen molar-refractivity contribution in [2.24, 2.45) is 0 Å². The van der Waals surface area contributed by atoms with Crippen LogP contribution in [0.15, 0.2) is 30.6 Å². The Kier molecular flexibility index (Phi) is 3.13. The van der Waals surface area contributed by atoms with Gasteiger partial charge in [0.1, 0.15) is 5.82 Å². The summed E-state index contributed by atoms with van der Waals surface area (Å²) in [5, 5.41) is 6.41. The number of hydrogen-bond donors (Lipinski definition) is 2. The van der Waals surface area contributed by atoms with Crippen LogP contribution in [0.3, 0.4) is 0 Å². The summed E-state index contributed by atoms with van der Waals surface area (Å²) in [5.74, 6) is 0.439. The van der Waals surface area contributed by atoms with Gasteiger partial charge in [0.2, 0.25) is 5.95 Å². The number of rotatable bonds is 3. The van der Waals surface area contributed by atoms with Crippen LogP contribution in [0, 0.1) is 12.7 Å². The zero-order valence-corrected chi connectivity index (χ0v) is 10.7. The van der Waals surface area contributed by atoms with Gasteiger partial charge in [-0.15, -0.1) is 0 Å². The normalized spacial score (nSPS) is 15.1. The van der Waals surface area contributed by atoms with Crippen LogP contribution < -0.4 is 10.6 Å². The molecule has 0 saturated carbocycles. The molecule has 1 saturated heterocycles. The van der Waals surface area contributed by atoms with Gasteiger partial charge in [0.25, 0.3) is 0 Å². The van der Waals surface area contributed by atoms with Crippen molar-refractivity contribution in [3.8, 4) is 11.1 Å². The first-order valence-corrected chi connectivity index (χ1v) is 6.28. The fourth-order valence-electron chi connectivity index (χ4n) is 1.95. The molecular formula is C14H15FN4. The van der Waals surface area contributed by atoms with Crippen molar-refractivity contribution in [1.82, 2.24) is 15.3 Å². The van der Waals surface area contributed by atoms with Crippen LogP contribution in [0.5, 0.6) is 0 Å². The second-order valence-electron chi connectivity index (χ2n) is 4.76. The summed E-state index contributed by atoms with van der Waals surface area (Å²) in [6, 6.07) is 5.43. The van der Waals surface area contributed by atoms with E-state index in [1.165, 1.54) is 6.07 Å². The summed E-state index contributed by atoms with van der Waals surface area (Å²) in [5.41, 5.74) is 2.44. The van der Waals surface area contributed by atoms with Gasteiger partial charge in [-0.3, -0.25) is 0 Å². The van der Waals surface area contributed by atoms with Gasteiger partial charge in [0, 0.05) is 31.0 Å². The van der Waals surface area contributed by atoms with E-state index >= 15 is 0 Å². The number of aromatic nitrogens is 2. The monoisotopic (exact) mass is 258 g/mol. The van der Waals surface area contributed by atoms with Crippen molar-refractivity contribution in [2.45, 2.75) is 13.0 Å². The lowest BCUT2D eigenvalue weighted by molar-refractivity contribution is 0.470. The number of benzene rings is 1. The third-order valence-corrected chi connectivity index (χ3v) is 3.26. The fraction of sp³-hybridized carbons (Fsp3) is 0.286. The molecule has 4 nitrogen and oxygen atoms in total. The standard InChI is InChI=1S/C14H15FN4/c1-9-4-10(2-3-13(9)15)11-5-17-14(18-6-11)19-12-7-16-8-12/h2-6,12,16H,7-8H2,1H3,(H,17,18,19). The van der Waals surface area contributed by atoms with E-state index in [0.29, 0.717) is 17.6 Å². The highest BCUT2D eigenvalue weighted by Gasteiger charge is 2.16. The largest absolute Gasteiger partial charge is 0.349 e. The van der Waals surface area contributed by atoms with Crippen molar-refractivity contribution in [2.75, 3.05) is 18.4 Å². The Hall–Kier alpha value is -2.01. The van der Waals surface area contributed by atoms with Gasteiger partial charge >= 0.3 is 0 Å². The summed E-state index contributed by atoms with van der Waals surface area (Å²) in [6.07, 6.45) is 3.52. The highest BCUT2D eigenvalue weighted by Crippen LogP contribution is 2.21. The fourth-order valence-corrected chi connectivity index (χ4v) is 1.95. The molecule has 0 amide bonds. The SMILES string of the molecule is Cc1cc(-c2cnc(NC3CNC3)nc2)ccc1F. The molecule has 0 atom stereocenters. The molecule has 2 aromatic rings. The molecule has 1 aromatic heterocycles. The topological polar surface area (TPSA) is 49.8 Å². The maximum atomic E-state index is 13.2. The highest BCUT2D eigenvalue weighted by molar-refractivity contribution is 5.62. The Labute approximate surface area is 111 Å². The summed E-state index contributed by atoms with van der Waals surface area (Å²) < 4.78 is 13.2.